The first kappa shape index (κ1) is 14.6. The van der Waals surface area contributed by atoms with E-state index in [9.17, 15) is 10.5 Å². The Bertz CT molecular complexity index is 723. The van der Waals surface area contributed by atoms with Crippen LogP contribution in [0.5, 0.6) is 0 Å². The van der Waals surface area contributed by atoms with E-state index in [-0.39, 0.29) is 23.0 Å². The second kappa shape index (κ2) is 6.11. The van der Waals surface area contributed by atoms with E-state index in [0.29, 0.717) is 5.69 Å². The molecule has 0 amide bonds. The van der Waals surface area contributed by atoms with Crippen LogP contribution in [-0.2, 0) is 11.5 Å². The van der Waals surface area contributed by atoms with E-state index in [1.165, 1.54) is 7.11 Å². The molecule has 1 aromatic carbocycles. The van der Waals surface area contributed by atoms with Gasteiger partial charge in [0, 0.05) is 11.6 Å². The molecule has 0 bridgehead atoms. The first-order valence-electron chi connectivity index (χ1n) is 5.61. The summed E-state index contributed by atoms with van der Waals surface area (Å²) >= 11 is 9.63. The molecule has 0 radical (unpaired) electrons. The molecule has 2 rings (SSSR count). The van der Waals surface area contributed by atoms with Crippen molar-refractivity contribution in [1.82, 2.24) is 4.57 Å². The molecule has 0 aliphatic heterocycles. The molecule has 6 heteroatoms. The molecule has 100 valence electrons. The van der Waals surface area contributed by atoms with Gasteiger partial charge in [-0.25, -0.2) is 0 Å². The van der Waals surface area contributed by atoms with Crippen molar-refractivity contribution in [3.05, 3.63) is 45.0 Å². The minimum Gasteiger partial charge on any atom is -0.364 e. The summed E-state index contributed by atoms with van der Waals surface area (Å²) in [6, 6.07) is 11.4. The van der Waals surface area contributed by atoms with Gasteiger partial charge in [0.2, 0.25) is 0 Å². The van der Waals surface area contributed by atoms with Crippen LogP contribution in [0.4, 0.5) is 0 Å². The average Bonchev–Trinajstić information content (AvgIpc) is 2.72. The molecule has 0 N–H and O–H groups in total. The number of nitriles is 2. The minimum absolute atomic E-state index is 0.149. The fourth-order valence-electron chi connectivity index (χ4n) is 1.95. The standard InChI is InChI=1S/C14H9BrClN3O/c1-20-8-19-12(7-18)11(6-17)13(16)14(19)9-2-4-10(15)5-3-9/h2-5H,8H2,1H3. The highest BCUT2D eigenvalue weighted by Gasteiger charge is 2.22. The minimum atomic E-state index is 0.149. The Morgan fingerprint density at radius 2 is 1.90 bits per heavy atom. The van der Waals surface area contributed by atoms with Gasteiger partial charge >= 0.3 is 0 Å². The molecule has 1 heterocycles. The highest BCUT2D eigenvalue weighted by atomic mass is 79.9. The molecule has 0 saturated heterocycles. The van der Waals surface area contributed by atoms with E-state index < -0.39 is 0 Å². The monoisotopic (exact) mass is 349 g/mol. The number of hydrogen-bond acceptors (Lipinski definition) is 3. The Balaban J connectivity index is 2.75. The van der Waals surface area contributed by atoms with Crippen molar-refractivity contribution in [2.45, 2.75) is 6.73 Å². The van der Waals surface area contributed by atoms with Gasteiger partial charge in [0.1, 0.15) is 30.1 Å². The van der Waals surface area contributed by atoms with Crippen molar-refractivity contribution < 1.29 is 4.74 Å². The third-order valence-electron chi connectivity index (χ3n) is 2.80. The Kier molecular flexibility index (Phi) is 4.46. The first-order chi connectivity index (χ1) is 9.63. The molecular weight excluding hydrogens is 342 g/mol. The van der Waals surface area contributed by atoms with Crippen molar-refractivity contribution in [3.63, 3.8) is 0 Å². The van der Waals surface area contributed by atoms with E-state index >= 15 is 0 Å². The zero-order valence-corrected chi connectivity index (χ0v) is 12.9. The normalized spacial score (nSPS) is 10.1. The Hall–Kier alpha value is -1.79. The van der Waals surface area contributed by atoms with Gasteiger partial charge in [-0.15, -0.1) is 0 Å². The lowest BCUT2D eigenvalue weighted by Gasteiger charge is -2.09. The molecule has 0 spiro atoms. The summed E-state index contributed by atoms with van der Waals surface area (Å²) in [7, 11) is 1.52. The molecule has 0 saturated carbocycles. The van der Waals surface area contributed by atoms with Crippen molar-refractivity contribution in [2.24, 2.45) is 0 Å². The number of halogens is 2. The van der Waals surface area contributed by atoms with Crippen molar-refractivity contribution in [3.8, 4) is 23.4 Å². The summed E-state index contributed by atoms with van der Waals surface area (Å²) in [4.78, 5) is 0. The molecule has 1 aromatic heterocycles. The van der Waals surface area contributed by atoms with Gasteiger partial charge in [-0.05, 0) is 17.7 Å². The van der Waals surface area contributed by atoms with Gasteiger partial charge in [0.25, 0.3) is 0 Å². The summed E-state index contributed by atoms with van der Waals surface area (Å²) in [5, 5.41) is 18.7. The molecular formula is C14H9BrClN3O. The quantitative estimate of drug-likeness (QED) is 0.843. The maximum atomic E-state index is 9.24. The van der Waals surface area contributed by atoms with Crippen LogP contribution in [0.2, 0.25) is 5.02 Å². The van der Waals surface area contributed by atoms with E-state index in [1.807, 2.05) is 36.4 Å². The largest absolute Gasteiger partial charge is 0.364 e. The fraction of sp³-hybridized carbons (Fsp3) is 0.143. The average molecular weight is 351 g/mol. The topological polar surface area (TPSA) is 61.7 Å². The van der Waals surface area contributed by atoms with E-state index in [4.69, 9.17) is 16.3 Å². The molecule has 0 aliphatic rings. The number of rotatable bonds is 3. The second-order valence-electron chi connectivity index (χ2n) is 3.96. The lowest BCUT2D eigenvalue weighted by atomic mass is 10.1. The molecule has 2 aromatic rings. The SMILES string of the molecule is COCn1c(C#N)c(C#N)c(Cl)c1-c1ccc(Br)cc1. The van der Waals surface area contributed by atoms with Gasteiger partial charge in [-0.3, -0.25) is 0 Å². The molecule has 20 heavy (non-hydrogen) atoms. The second-order valence-corrected chi connectivity index (χ2v) is 5.26. The van der Waals surface area contributed by atoms with E-state index in [2.05, 4.69) is 15.9 Å². The highest BCUT2D eigenvalue weighted by Crippen LogP contribution is 2.35. The van der Waals surface area contributed by atoms with Crippen molar-refractivity contribution in [2.75, 3.05) is 7.11 Å². The van der Waals surface area contributed by atoms with Gasteiger partial charge in [0.05, 0.1) is 10.7 Å². The van der Waals surface area contributed by atoms with Gasteiger partial charge in [0.15, 0.2) is 0 Å². The van der Waals surface area contributed by atoms with Gasteiger partial charge < -0.3 is 9.30 Å². The van der Waals surface area contributed by atoms with Crippen LogP contribution in [0.25, 0.3) is 11.3 Å². The highest BCUT2D eigenvalue weighted by molar-refractivity contribution is 9.10. The Labute approximate surface area is 129 Å². The molecule has 0 fully saturated rings. The molecule has 0 atom stereocenters. The smallest absolute Gasteiger partial charge is 0.142 e. The van der Waals surface area contributed by atoms with Crippen LogP contribution in [0, 0.1) is 22.7 Å². The number of benzene rings is 1. The Morgan fingerprint density at radius 3 is 2.40 bits per heavy atom. The van der Waals surface area contributed by atoms with E-state index in [0.717, 1.165) is 10.0 Å². The fourth-order valence-corrected chi connectivity index (χ4v) is 2.56. The predicted octanol–water partition coefficient (Wildman–Crippen LogP) is 3.92. The molecule has 4 nitrogen and oxygen atoms in total. The first-order valence-corrected chi connectivity index (χ1v) is 6.78. The molecule has 0 aliphatic carbocycles. The third-order valence-corrected chi connectivity index (χ3v) is 3.69. The third kappa shape index (κ3) is 2.44. The van der Waals surface area contributed by atoms with Crippen LogP contribution in [-0.4, -0.2) is 11.7 Å². The number of hydrogen-bond donors (Lipinski definition) is 0. The number of nitrogens with zero attached hydrogens (tertiary/aromatic N) is 3. The van der Waals surface area contributed by atoms with Crippen LogP contribution < -0.4 is 0 Å². The van der Waals surface area contributed by atoms with Crippen LogP contribution >= 0.6 is 27.5 Å². The van der Waals surface area contributed by atoms with Crippen molar-refractivity contribution in [1.29, 1.82) is 10.5 Å². The zero-order chi connectivity index (χ0) is 14.7. The maximum Gasteiger partial charge on any atom is 0.142 e. The zero-order valence-electron chi connectivity index (χ0n) is 10.5. The number of aromatic nitrogens is 1. The van der Waals surface area contributed by atoms with Crippen molar-refractivity contribution >= 4 is 27.5 Å². The number of methoxy groups -OCH3 is 1. The van der Waals surface area contributed by atoms with E-state index in [1.54, 1.807) is 4.57 Å². The Morgan fingerprint density at radius 1 is 1.25 bits per heavy atom. The summed E-state index contributed by atoms with van der Waals surface area (Å²) in [5.41, 5.74) is 1.80. The van der Waals surface area contributed by atoms with Crippen LogP contribution in [0.15, 0.2) is 28.7 Å². The summed E-state index contributed by atoms with van der Waals surface area (Å²) in [5.74, 6) is 0. The summed E-state index contributed by atoms with van der Waals surface area (Å²) in [6.07, 6.45) is 0. The van der Waals surface area contributed by atoms with Crippen LogP contribution in [0.1, 0.15) is 11.3 Å². The lowest BCUT2D eigenvalue weighted by Crippen LogP contribution is -2.04. The van der Waals surface area contributed by atoms with Gasteiger partial charge in [-0.1, -0.05) is 39.7 Å². The number of ether oxygens (including phenoxy) is 1. The molecule has 0 unspecified atom stereocenters. The summed E-state index contributed by atoms with van der Waals surface area (Å²) < 4.78 is 7.64. The summed E-state index contributed by atoms with van der Waals surface area (Å²) in [6.45, 7) is 0.149. The lowest BCUT2D eigenvalue weighted by molar-refractivity contribution is 0.132. The predicted molar refractivity (Wildman–Crippen MR) is 79.0 cm³/mol. The van der Waals surface area contributed by atoms with Gasteiger partial charge in [-0.2, -0.15) is 10.5 Å². The van der Waals surface area contributed by atoms with Crippen LogP contribution in [0.3, 0.4) is 0 Å². The maximum absolute atomic E-state index is 9.24.